The first kappa shape index (κ1) is 14.0. The summed E-state index contributed by atoms with van der Waals surface area (Å²) in [6.07, 6.45) is 2.27. The van der Waals surface area contributed by atoms with E-state index in [4.69, 9.17) is 11.6 Å². The van der Waals surface area contributed by atoms with Crippen LogP contribution >= 0.6 is 11.6 Å². The first-order valence-electron chi connectivity index (χ1n) is 6.78. The van der Waals surface area contributed by atoms with Gasteiger partial charge in [0.05, 0.1) is 12.0 Å². The predicted octanol–water partition coefficient (Wildman–Crippen LogP) is 2.56. The molecule has 0 bridgehead atoms. The smallest absolute Gasteiger partial charge is 0.311 e. The van der Waals surface area contributed by atoms with Gasteiger partial charge in [0.15, 0.2) is 5.82 Å². The van der Waals surface area contributed by atoms with Gasteiger partial charge in [-0.3, -0.25) is 4.79 Å². The SMILES string of the molecule is Cc1cc(Cl)ccc1-c1nnnn1CC1(C(=O)O)CCC1. The van der Waals surface area contributed by atoms with Gasteiger partial charge in [-0.1, -0.05) is 18.0 Å². The van der Waals surface area contributed by atoms with Crippen molar-refractivity contribution in [2.75, 3.05) is 0 Å². The average Bonchev–Trinajstić information content (AvgIpc) is 2.81. The number of benzene rings is 1. The summed E-state index contributed by atoms with van der Waals surface area (Å²) >= 11 is 5.96. The highest BCUT2D eigenvalue weighted by Gasteiger charge is 2.45. The molecule has 110 valence electrons. The maximum absolute atomic E-state index is 11.5. The van der Waals surface area contributed by atoms with Gasteiger partial charge in [-0.05, 0) is 54.0 Å². The summed E-state index contributed by atoms with van der Waals surface area (Å²) in [4.78, 5) is 11.5. The molecule has 21 heavy (non-hydrogen) atoms. The third kappa shape index (κ3) is 2.40. The highest BCUT2D eigenvalue weighted by atomic mass is 35.5. The van der Waals surface area contributed by atoms with Gasteiger partial charge >= 0.3 is 5.97 Å². The highest BCUT2D eigenvalue weighted by molar-refractivity contribution is 6.30. The van der Waals surface area contributed by atoms with E-state index in [-0.39, 0.29) is 0 Å². The van der Waals surface area contributed by atoms with Crippen molar-refractivity contribution in [2.24, 2.45) is 5.41 Å². The second-order valence-corrected chi connectivity index (χ2v) is 5.99. The molecule has 0 atom stereocenters. The van der Waals surface area contributed by atoms with Crippen LogP contribution in [0.25, 0.3) is 11.4 Å². The van der Waals surface area contributed by atoms with Gasteiger partial charge in [-0.15, -0.1) is 5.10 Å². The number of aromatic nitrogens is 4. The van der Waals surface area contributed by atoms with E-state index in [2.05, 4.69) is 15.5 Å². The topological polar surface area (TPSA) is 80.9 Å². The molecule has 1 aliphatic carbocycles. The summed E-state index contributed by atoms with van der Waals surface area (Å²) in [5, 5.41) is 21.8. The summed E-state index contributed by atoms with van der Waals surface area (Å²) in [6, 6.07) is 5.47. The van der Waals surface area contributed by atoms with E-state index in [0.717, 1.165) is 17.5 Å². The third-order valence-corrected chi connectivity index (χ3v) is 4.41. The quantitative estimate of drug-likeness (QED) is 0.939. The summed E-state index contributed by atoms with van der Waals surface area (Å²) in [5.74, 6) is -0.195. The van der Waals surface area contributed by atoms with Crippen molar-refractivity contribution in [3.63, 3.8) is 0 Å². The molecule has 6 nitrogen and oxygen atoms in total. The van der Waals surface area contributed by atoms with Crippen LogP contribution in [0.2, 0.25) is 5.02 Å². The van der Waals surface area contributed by atoms with Crippen LogP contribution < -0.4 is 0 Å². The normalized spacial score (nSPS) is 16.5. The van der Waals surface area contributed by atoms with Crippen LogP contribution in [0.4, 0.5) is 0 Å². The lowest BCUT2D eigenvalue weighted by Gasteiger charge is -2.37. The van der Waals surface area contributed by atoms with Crippen LogP contribution in [0.3, 0.4) is 0 Å². The molecule has 0 saturated heterocycles. The second kappa shape index (κ2) is 5.11. The van der Waals surface area contributed by atoms with E-state index in [1.165, 1.54) is 0 Å². The van der Waals surface area contributed by atoms with Crippen LogP contribution in [0.1, 0.15) is 24.8 Å². The van der Waals surface area contributed by atoms with Crippen LogP contribution in [-0.4, -0.2) is 31.3 Å². The van der Waals surface area contributed by atoms with Crippen LogP contribution in [0.15, 0.2) is 18.2 Å². The number of halogens is 1. The number of carboxylic acids is 1. The molecule has 2 aromatic rings. The number of tetrazole rings is 1. The zero-order valence-electron chi connectivity index (χ0n) is 11.6. The zero-order valence-corrected chi connectivity index (χ0v) is 12.3. The molecule has 0 amide bonds. The maximum Gasteiger partial charge on any atom is 0.311 e. The van der Waals surface area contributed by atoms with Crippen LogP contribution in [0.5, 0.6) is 0 Å². The summed E-state index contributed by atoms with van der Waals surface area (Å²) in [7, 11) is 0. The Morgan fingerprint density at radius 2 is 2.24 bits per heavy atom. The monoisotopic (exact) mass is 306 g/mol. The molecule has 1 aliphatic rings. The molecule has 0 spiro atoms. The fraction of sp³-hybridized carbons (Fsp3) is 0.429. The molecule has 1 fully saturated rings. The Morgan fingerprint density at radius 1 is 1.48 bits per heavy atom. The number of nitrogens with zero attached hydrogens (tertiary/aromatic N) is 4. The molecular weight excluding hydrogens is 292 g/mol. The Hall–Kier alpha value is -1.95. The lowest BCUT2D eigenvalue weighted by atomic mass is 9.69. The summed E-state index contributed by atoms with van der Waals surface area (Å²) in [5.41, 5.74) is 1.09. The van der Waals surface area contributed by atoms with Crippen molar-refractivity contribution in [3.05, 3.63) is 28.8 Å². The minimum Gasteiger partial charge on any atom is -0.481 e. The molecule has 1 aromatic carbocycles. The Bertz CT molecular complexity index is 694. The predicted molar refractivity (Wildman–Crippen MR) is 76.9 cm³/mol. The van der Waals surface area contributed by atoms with Gasteiger partial charge in [-0.25, -0.2) is 4.68 Å². The maximum atomic E-state index is 11.5. The standard InChI is InChI=1S/C14H15ClN4O2/c1-9-7-10(15)3-4-11(9)12-16-17-18-19(12)8-14(13(20)21)5-2-6-14/h3-4,7H,2,5-6,8H2,1H3,(H,20,21). The van der Waals surface area contributed by atoms with Crippen molar-refractivity contribution < 1.29 is 9.90 Å². The first-order valence-corrected chi connectivity index (χ1v) is 7.16. The number of aryl methyl sites for hydroxylation is 1. The molecule has 1 heterocycles. The molecule has 1 aromatic heterocycles. The Morgan fingerprint density at radius 3 is 2.81 bits per heavy atom. The first-order chi connectivity index (χ1) is 10.0. The highest BCUT2D eigenvalue weighted by Crippen LogP contribution is 2.43. The van der Waals surface area contributed by atoms with Crippen molar-refractivity contribution in [1.82, 2.24) is 20.2 Å². The number of rotatable bonds is 4. The lowest BCUT2D eigenvalue weighted by Crippen LogP contribution is -2.42. The number of carbonyl (C=O) groups is 1. The van der Waals surface area contributed by atoms with Gasteiger partial charge in [0.1, 0.15) is 0 Å². The Labute approximate surface area is 126 Å². The van der Waals surface area contributed by atoms with Crippen molar-refractivity contribution in [1.29, 1.82) is 0 Å². The van der Waals surface area contributed by atoms with Gasteiger partial charge in [0, 0.05) is 10.6 Å². The van der Waals surface area contributed by atoms with E-state index in [1.807, 2.05) is 19.1 Å². The minimum absolute atomic E-state index is 0.298. The summed E-state index contributed by atoms with van der Waals surface area (Å²) in [6.45, 7) is 2.23. The molecular formula is C14H15ClN4O2. The summed E-state index contributed by atoms with van der Waals surface area (Å²) < 4.78 is 1.59. The van der Waals surface area contributed by atoms with Crippen LogP contribution in [0, 0.1) is 12.3 Å². The molecule has 7 heteroatoms. The van der Waals surface area contributed by atoms with Crippen LogP contribution in [-0.2, 0) is 11.3 Å². The lowest BCUT2D eigenvalue weighted by molar-refractivity contribution is -0.156. The largest absolute Gasteiger partial charge is 0.481 e. The van der Waals surface area contributed by atoms with Crippen molar-refractivity contribution in [3.8, 4) is 11.4 Å². The fourth-order valence-electron chi connectivity index (χ4n) is 2.71. The fourth-order valence-corrected chi connectivity index (χ4v) is 2.94. The Balaban J connectivity index is 1.96. The second-order valence-electron chi connectivity index (χ2n) is 5.56. The average molecular weight is 307 g/mol. The molecule has 0 radical (unpaired) electrons. The van der Waals surface area contributed by atoms with E-state index in [9.17, 15) is 9.90 Å². The molecule has 1 N–H and O–H groups in total. The van der Waals surface area contributed by atoms with Crippen molar-refractivity contribution in [2.45, 2.75) is 32.7 Å². The minimum atomic E-state index is -0.775. The number of aliphatic carboxylic acids is 1. The number of hydrogen-bond donors (Lipinski definition) is 1. The van der Waals surface area contributed by atoms with E-state index >= 15 is 0 Å². The number of carboxylic acid groups (broad SMARTS) is 1. The zero-order chi connectivity index (χ0) is 15.0. The van der Waals surface area contributed by atoms with Gasteiger partial charge in [-0.2, -0.15) is 0 Å². The van der Waals surface area contributed by atoms with Gasteiger partial charge in [0.25, 0.3) is 0 Å². The molecule has 0 unspecified atom stereocenters. The van der Waals surface area contributed by atoms with Gasteiger partial charge in [0.2, 0.25) is 0 Å². The molecule has 1 saturated carbocycles. The van der Waals surface area contributed by atoms with E-state index < -0.39 is 11.4 Å². The number of hydrogen-bond acceptors (Lipinski definition) is 4. The Kier molecular flexibility index (Phi) is 3.41. The molecule has 3 rings (SSSR count). The van der Waals surface area contributed by atoms with Crippen molar-refractivity contribution >= 4 is 17.6 Å². The van der Waals surface area contributed by atoms with E-state index in [0.29, 0.717) is 30.2 Å². The van der Waals surface area contributed by atoms with E-state index in [1.54, 1.807) is 10.7 Å². The molecule has 0 aliphatic heterocycles. The van der Waals surface area contributed by atoms with Gasteiger partial charge < -0.3 is 5.11 Å². The third-order valence-electron chi connectivity index (χ3n) is 4.18.